The summed E-state index contributed by atoms with van der Waals surface area (Å²) < 4.78 is 0. The number of amides is 1. The first-order valence-corrected chi connectivity index (χ1v) is 6.56. The molecule has 0 aliphatic rings. The number of carbonyl (C=O) groups excluding carboxylic acids is 1. The molecule has 0 saturated heterocycles. The van der Waals surface area contributed by atoms with Crippen LogP contribution < -0.4 is 10.2 Å². The number of anilines is 1. The molecule has 0 aliphatic carbocycles. The van der Waals surface area contributed by atoms with Crippen LogP contribution in [0.25, 0.3) is 0 Å². The normalized spacial score (nSPS) is 12.0. The van der Waals surface area contributed by atoms with Gasteiger partial charge in [-0.05, 0) is 6.92 Å². The van der Waals surface area contributed by atoms with E-state index in [9.17, 15) is 20.0 Å². The average Bonchev–Trinajstić information content (AvgIpc) is 2.80. The monoisotopic (exact) mass is 287 g/mol. The van der Waals surface area contributed by atoms with E-state index in [0.717, 1.165) is 0 Å². The molecule has 1 heterocycles. The van der Waals surface area contributed by atoms with Crippen LogP contribution in [-0.2, 0) is 4.79 Å². The molecule has 7 nitrogen and oxygen atoms in total. The highest BCUT2D eigenvalue weighted by molar-refractivity contribution is 7.16. The third-order valence-corrected chi connectivity index (χ3v) is 4.03. The maximum atomic E-state index is 11.2. The van der Waals surface area contributed by atoms with Crippen molar-refractivity contribution in [1.29, 1.82) is 0 Å². The number of nitrogens with zero attached hydrogens (tertiary/aromatic N) is 2. The van der Waals surface area contributed by atoms with E-state index in [-0.39, 0.29) is 18.0 Å². The van der Waals surface area contributed by atoms with Gasteiger partial charge in [0.05, 0.1) is 11.0 Å². The first-order valence-electron chi connectivity index (χ1n) is 5.74. The number of aliphatic hydroxyl groups is 1. The van der Waals surface area contributed by atoms with Crippen LogP contribution in [0.15, 0.2) is 6.07 Å². The summed E-state index contributed by atoms with van der Waals surface area (Å²) in [6, 6.07) is 1.38. The highest BCUT2D eigenvalue weighted by Crippen LogP contribution is 2.39. The summed E-state index contributed by atoms with van der Waals surface area (Å²) >= 11 is 1.17. The molecule has 1 rings (SSSR count). The minimum Gasteiger partial charge on any atom is -0.388 e. The van der Waals surface area contributed by atoms with Crippen LogP contribution in [0.5, 0.6) is 0 Å². The fourth-order valence-electron chi connectivity index (χ4n) is 1.50. The Hall–Kier alpha value is -1.67. The van der Waals surface area contributed by atoms with E-state index in [4.69, 9.17) is 0 Å². The molecule has 0 spiro atoms. The zero-order valence-electron chi connectivity index (χ0n) is 11.0. The molecule has 19 heavy (non-hydrogen) atoms. The first kappa shape index (κ1) is 15.4. The maximum absolute atomic E-state index is 11.2. The minimum absolute atomic E-state index is 0.0414. The molecule has 1 amide bonds. The fraction of sp³-hybridized carbons (Fsp3) is 0.545. The van der Waals surface area contributed by atoms with Gasteiger partial charge in [-0.25, -0.2) is 0 Å². The number of nitrogens with one attached hydrogen (secondary N) is 1. The zero-order valence-corrected chi connectivity index (χ0v) is 11.9. The van der Waals surface area contributed by atoms with Gasteiger partial charge in [-0.2, -0.15) is 0 Å². The van der Waals surface area contributed by atoms with Crippen molar-refractivity contribution >= 4 is 27.9 Å². The molecule has 2 N–H and O–H groups in total. The molecule has 0 aromatic carbocycles. The SMILES string of the molecule is CNC(=O)CCN(C)c1sc(C(C)O)cc1[N+](=O)[O-]. The number of thiophene rings is 1. The summed E-state index contributed by atoms with van der Waals surface area (Å²) in [6.45, 7) is 1.93. The third kappa shape index (κ3) is 3.90. The molecule has 0 radical (unpaired) electrons. The van der Waals surface area contributed by atoms with Crippen molar-refractivity contribution in [3.63, 3.8) is 0 Å². The van der Waals surface area contributed by atoms with Crippen LogP contribution in [-0.4, -0.2) is 36.6 Å². The quantitative estimate of drug-likeness (QED) is 0.607. The highest BCUT2D eigenvalue weighted by Gasteiger charge is 2.23. The Bertz CT molecular complexity index is 473. The number of nitro groups is 1. The van der Waals surface area contributed by atoms with E-state index in [1.165, 1.54) is 17.4 Å². The van der Waals surface area contributed by atoms with Crippen LogP contribution in [0.1, 0.15) is 24.3 Å². The zero-order chi connectivity index (χ0) is 14.6. The molecule has 106 valence electrons. The standard InChI is InChI=1S/C11H17N3O4S/c1-7(15)9-6-8(14(17)18)11(19-9)13(3)5-4-10(16)12-2/h6-7,15H,4-5H2,1-3H3,(H,12,16). The molecule has 0 fully saturated rings. The Labute approximate surface area is 115 Å². The summed E-state index contributed by atoms with van der Waals surface area (Å²) in [5.41, 5.74) is -0.0414. The molecular weight excluding hydrogens is 270 g/mol. The van der Waals surface area contributed by atoms with Crippen LogP contribution in [0.4, 0.5) is 10.7 Å². The van der Waals surface area contributed by atoms with Crippen molar-refractivity contribution in [2.24, 2.45) is 0 Å². The summed E-state index contributed by atoms with van der Waals surface area (Å²) in [4.78, 5) is 23.9. The number of aliphatic hydroxyl groups excluding tert-OH is 1. The van der Waals surface area contributed by atoms with E-state index >= 15 is 0 Å². The fourth-order valence-corrected chi connectivity index (χ4v) is 2.55. The number of hydrogen-bond acceptors (Lipinski definition) is 6. The van der Waals surface area contributed by atoms with Gasteiger partial charge in [0.1, 0.15) is 0 Å². The Morgan fingerprint density at radius 3 is 2.79 bits per heavy atom. The van der Waals surface area contributed by atoms with Crippen LogP contribution >= 0.6 is 11.3 Å². The van der Waals surface area contributed by atoms with Gasteiger partial charge in [-0.15, -0.1) is 11.3 Å². The molecule has 0 saturated carbocycles. The van der Waals surface area contributed by atoms with Crippen LogP contribution in [0.3, 0.4) is 0 Å². The van der Waals surface area contributed by atoms with Gasteiger partial charge in [0.2, 0.25) is 5.91 Å². The maximum Gasteiger partial charge on any atom is 0.304 e. The minimum atomic E-state index is -0.746. The third-order valence-electron chi connectivity index (χ3n) is 2.62. The molecule has 0 bridgehead atoms. The van der Waals surface area contributed by atoms with Crippen molar-refractivity contribution < 1.29 is 14.8 Å². The lowest BCUT2D eigenvalue weighted by Gasteiger charge is -2.15. The van der Waals surface area contributed by atoms with Gasteiger partial charge in [-0.3, -0.25) is 14.9 Å². The smallest absolute Gasteiger partial charge is 0.304 e. The Morgan fingerprint density at radius 1 is 1.68 bits per heavy atom. The Balaban J connectivity index is 2.91. The van der Waals surface area contributed by atoms with E-state index in [1.807, 2.05) is 0 Å². The predicted molar refractivity (Wildman–Crippen MR) is 73.6 cm³/mol. The highest BCUT2D eigenvalue weighted by atomic mass is 32.1. The average molecular weight is 287 g/mol. The molecule has 1 aromatic heterocycles. The van der Waals surface area contributed by atoms with Gasteiger partial charge >= 0.3 is 5.69 Å². The molecule has 1 aromatic rings. The number of carbonyl (C=O) groups is 1. The first-order chi connectivity index (χ1) is 8.86. The second kappa shape index (κ2) is 6.48. The lowest BCUT2D eigenvalue weighted by molar-refractivity contribution is -0.383. The molecule has 8 heteroatoms. The summed E-state index contributed by atoms with van der Waals surface area (Å²) in [7, 11) is 3.23. The Morgan fingerprint density at radius 2 is 2.32 bits per heavy atom. The lowest BCUT2D eigenvalue weighted by atomic mass is 10.3. The molecule has 0 aliphatic heterocycles. The Kier molecular flexibility index (Phi) is 5.25. The van der Waals surface area contributed by atoms with E-state index in [1.54, 1.807) is 25.9 Å². The van der Waals surface area contributed by atoms with Crippen molar-refractivity contribution in [2.45, 2.75) is 19.4 Å². The number of rotatable bonds is 6. The van der Waals surface area contributed by atoms with Crippen LogP contribution in [0.2, 0.25) is 0 Å². The lowest BCUT2D eigenvalue weighted by Crippen LogP contribution is -2.26. The van der Waals surface area contributed by atoms with Gasteiger partial charge < -0.3 is 15.3 Å². The van der Waals surface area contributed by atoms with E-state index < -0.39 is 11.0 Å². The second-order valence-corrected chi connectivity index (χ2v) is 5.18. The van der Waals surface area contributed by atoms with Crippen molar-refractivity contribution in [3.8, 4) is 0 Å². The van der Waals surface area contributed by atoms with Crippen LogP contribution in [0, 0.1) is 10.1 Å². The van der Waals surface area contributed by atoms with Gasteiger partial charge in [0, 0.05) is 38.0 Å². The molecular formula is C11H17N3O4S. The summed E-state index contributed by atoms with van der Waals surface area (Å²) in [5.74, 6) is -0.123. The van der Waals surface area contributed by atoms with E-state index in [2.05, 4.69) is 5.32 Å². The van der Waals surface area contributed by atoms with Gasteiger partial charge in [0.25, 0.3) is 0 Å². The second-order valence-electron chi connectivity index (χ2n) is 4.12. The van der Waals surface area contributed by atoms with Crippen molar-refractivity contribution in [2.75, 3.05) is 25.5 Å². The number of hydrogen-bond donors (Lipinski definition) is 2. The van der Waals surface area contributed by atoms with Gasteiger partial charge in [0.15, 0.2) is 5.00 Å². The summed E-state index contributed by atoms with van der Waals surface area (Å²) in [6.07, 6.45) is -0.490. The van der Waals surface area contributed by atoms with Gasteiger partial charge in [-0.1, -0.05) is 0 Å². The molecule has 1 atom stereocenters. The molecule has 1 unspecified atom stereocenters. The van der Waals surface area contributed by atoms with E-state index in [0.29, 0.717) is 16.4 Å². The topological polar surface area (TPSA) is 95.7 Å². The predicted octanol–water partition coefficient (Wildman–Crippen LogP) is 1.28. The van der Waals surface area contributed by atoms with Crippen molar-refractivity contribution in [3.05, 3.63) is 21.1 Å². The summed E-state index contributed by atoms with van der Waals surface area (Å²) in [5, 5.41) is 23.4. The van der Waals surface area contributed by atoms with Crippen molar-refractivity contribution in [1.82, 2.24) is 5.32 Å². The largest absolute Gasteiger partial charge is 0.388 e.